The number of hydrogen-bond donors (Lipinski definition) is 2. The maximum Gasteiger partial charge on any atom is 0.251 e. The number of ether oxygens (including phenoxy) is 1. The summed E-state index contributed by atoms with van der Waals surface area (Å²) >= 11 is 6.03. The van der Waals surface area contributed by atoms with Gasteiger partial charge in [0.15, 0.2) is 5.96 Å². The lowest BCUT2D eigenvalue weighted by Gasteiger charge is -2.22. The first-order chi connectivity index (χ1) is 12.9. The molecule has 2 N–H and O–H groups in total. The van der Waals surface area contributed by atoms with Crippen molar-refractivity contribution in [2.45, 2.75) is 6.54 Å². The van der Waals surface area contributed by atoms with E-state index >= 15 is 0 Å². The van der Waals surface area contributed by atoms with Gasteiger partial charge in [-0.1, -0.05) is 11.6 Å². The minimum Gasteiger partial charge on any atom is -0.497 e. The number of nitrogens with one attached hydrogen (secondary N) is 2. The van der Waals surface area contributed by atoms with Crippen LogP contribution in [0.4, 0.5) is 0 Å². The topological polar surface area (TPSA) is 70.9 Å². The highest BCUT2D eigenvalue weighted by molar-refractivity contribution is 14.0. The molecule has 154 valence electrons. The predicted octanol–water partition coefficient (Wildman–Crippen LogP) is 2.74. The summed E-state index contributed by atoms with van der Waals surface area (Å²) in [6.45, 7) is 1.71. The van der Waals surface area contributed by atoms with Crippen LogP contribution in [0.1, 0.15) is 16.1 Å². The number of aryl methyl sites for hydroxylation is 1. The Kier molecular flexibility index (Phi) is 10.2. The predicted molar refractivity (Wildman–Crippen MR) is 124 cm³/mol. The van der Waals surface area contributed by atoms with Crippen LogP contribution >= 0.6 is 35.6 Å². The number of rotatable bonds is 7. The summed E-state index contributed by atoms with van der Waals surface area (Å²) in [6.07, 6.45) is 1.87. The lowest BCUT2D eigenvalue weighted by molar-refractivity contribution is 0.0954. The molecule has 1 aromatic carbocycles. The van der Waals surface area contributed by atoms with Crippen molar-refractivity contribution >= 4 is 47.4 Å². The van der Waals surface area contributed by atoms with Gasteiger partial charge < -0.3 is 24.8 Å². The standard InChI is InChI=1S/C19H26ClN5O2.HI/c1-21-19(25(3)13-16-11-15(20)12-24(16)2)23-10-9-22-18(26)14-5-7-17(27-4)8-6-14;/h5-8,11-12H,9-10,13H2,1-4H3,(H,21,23)(H,22,26);1H. The molecule has 2 aromatic rings. The Morgan fingerprint density at radius 2 is 1.89 bits per heavy atom. The monoisotopic (exact) mass is 519 g/mol. The zero-order valence-corrected chi connectivity index (χ0v) is 19.6. The van der Waals surface area contributed by atoms with E-state index in [1.807, 2.05) is 35.8 Å². The van der Waals surface area contributed by atoms with Crippen molar-refractivity contribution in [1.29, 1.82) is 0 Å². The Bertz CT molecular complexity index is 792. The number of halogens is 2. The number of nitrogens with zero attached hydrogens (tertiary/aromatic N) is 3. The third kappa shape index (κ3) is 6.90. The molecule has 7 nitrogen and oxygen atoms in total. The van der Waals surface area contributed by atoms with Crippen LogP contribution in [-0.2, 0) is 13.6 Å². The normalized spacial score (nSPS) is 10.8. The molecule has 0 saturated heterocycles. The number of aliphatic imine (C=N–C) groups is 1. The van der Waals surface area contributed by atoms with Gasteiger partial charge in [-0.2, -0.15) is 0 Å². The van der Waals surface area contributed by atoms with Crippen molar-refractivity contribution in [2.24, 2.45) is 12.0 Å². The number of aromatic nitrogens is 1. The molecule has 0 spiro atoms. The van der Waals surface area contributed by atoms with E-state index in [1.165, 1.54) is 0 Å². The zero-order valence-electron chi connectivity index (χ0n) is 16.5. The Labute approximate surface area is 188 Å². The van der Waals surface area contributed by atoms with E-state index < -0.39 is 0 Å². The highest BCUT2D eigenvalue weighted by atomic mass is 127. The highest BCUT2D eigenvalue weighted by Gasteiger charge is 2.10. The second-order valence-corrected chi connectivity index (χ2v) is 6.51. The van der Waals surface area contributed by atoms with Crippen molar-refractivity contribution in [3.63, 3.8) is 0 Å². The first-order valence-electron chi connectivity index (χ1n) is 8.59. The summed E-state index contributed by atoms with van der Waals surface area (Å²) in [5.41, 5.74) is 1.68. The van der Waals surface area contributed by atoms with E-state index in [9.17, 15) is 4.79 Å². The Hall–Kier alpha value is -1.94. The Morgan fingerprint density at radius 3 is 2.43 bits per heavy atom. The van der Waals surface area contributed by atoms with E-state index in [2.05, 4.69) is 15.6 Å². The molecular weight excluding hydrogens is 493 g/mol. The smallest absolute Gasteiger partial charge is 0.251 e. The van der Waals surface area contributed by atoms with Crippen LogP contribution in [0.2, 0.25) is 5.02 Å². The molecule has 0 saturated carbocycles. The van der Waals surface area contributed by atoms with Gasteiger partial charge in [-0.3, -0.25) is 9.79 Å². The van der Waals surface area contributed by atoms with Gasteiger partial charge in [0.1, 0.15) is 5.75 Å². The van der Waals surface area contributed by atoms with Crippen LogP contribution in [0.25, 0.3) is 0 Å². The van der Waals surface area contributed by atoms with Gasteiger partial charge in [-0.15, -0.1) is 24.0 Å². The molecule has 1 heterocycles. The molecule has 0 fully saturated rings. The third-order valence-corrected chi connectivity index (χ3v) is 4.30. The maximum atomic E-state index is 12.1. The molecule has 0 aliphatic carbocycles. The van der Waals surface area contributed by atoms with Crippen LogP contribution in [0, 0.1) is 0 Å². The molecule has 0 radical (unpaired) electrons. The van der Waals surface area contributed by atoms with Gasteiger partial charge >= 0.3 is 0 Å². The molecule has 0 aliphatic rings. The summed E-state index contributed by atoms with van der Waals surface area (Å²) in [5, 5.41) is 6.83. The van der Waals surface area contributed by atoms with Gasteiger partial charge in [0, 0.05) is 51.7 Å². The fourth-order valence-electron chi connectivity index (χ4n) is 2.62. The molecule has 9 heteroatoms. The van der Waals surface area contributed by atoms with E-state index in [0.29, 0.717) is 30.2 Å². The molecule has 0 bridgehead atoms. The fraction of sp³-hybridized carbons (Fsp3) is 0.368. The number of carbonyl (C=O) groups excluding carboxylic acids is 1. The number of methoxy groups -OCH3 is 1. The van der Waals surface area contributed by atoms with Crippen molar-refractivity contribution < 1.29 is 9.53 Å². The molecule has 0 unspecified atom stereocenters. The minimum absolute atomic E-state index is 0. The highest BCUT2D eigenvalue weighted by Crippen LogP contribution is 2.14. The molecule has 2 rings (SSSR count). The fourth-order valence-corrected chi connectivity index (χ4v) is 2.89. The summed E-state index contributed by atoms with van der Waals surface area (Å²) < 4.78 is 7.08. The van der Waals surface area contributed by atoms with Crippen LogP contribution in [0.3, 0.4) is 0 Å². The molecule has 0 aliphatic heterocycles. The first-order valence-corrected chi connectivity index (χ1v) is 8.97. The SMILES string of the molecule is CN=C(NCCNC(=O)c1ccc(OC)cc1)N(C)Cc1cc(Cl)cn1C.I. The molecule has 1 aromatic heterocycles. The van der Waals surface area contributed by atoms with Crippen molar-refractivity contribution in [2.75, 3.05) is 34.3 Å². The zero-order chi connectivity index (χ0) is 19.8. The third-order valence-electron chi connectivity index (χ3n) is 4.09. The quantitative estimate of drug-likeness (QED) is 0.255. The average Bonchev–Trinajstić information content (AvgIpc) is 2.98. The number of benzene rings is 1. The lowest BCUT2D eigenvalue weighted by atomic mass is 10.2. The van der Waals surface area contributed by atoms with Crippen molar-refractivity contribution in [3.8, 4) is 5.75 Å². The van der Waals surface area contributed by atoms with Crippen LogP contribution in [0.15, 0.2) is 41.5 Å². The molecule has 28 heavy (non-hydrogen) atoms. The number of hydrogen-bond acceptors (Lipinski definition) is 3. The Balaban J connectivity index is 0.00000392. The molecule has 1 amide bonds. The van der Waals surface area contributed by atoms with E-state index in [1.54, 1.807) is 38.4 Å². The van der Waals surface area contributed by atoms with Crippen molar-refractivity contribution in [1.82, 2.24) is 20.1 Å². The van der Waals surface area contributed by atoms with E-state index in [4.69, 9.17) is 16.3 Å². The lowest BCUT2D eigenvalue weighted by Crippen LogP contribution is -2.42. The van der Waals surface area contributed by atoms with Gasteiger partial charge in [-0.05, 0) is 30.3 Å². The second-order valence-electron chi connectivity index (χ2n) is 6.08. The van der Waals surface area contributed by atoms with Gasteiger partial charge in [0.05, 0.1) is 18.7 Å². The summed E-state index contributed by atoms with van der Waals surface area (Å²) in [7, 11) is 7.23. The van der Waals surface area contributed by atoms with Crippen LogP contribution < -0.4 is 15.4 Å². The minimum atomic E-state index is -0.124. The summed E-state index contributed by atoms with van der Waals surface area (Å²) in [4.78, 5) is 18.4. The number of carbonyl (C=O) groups is 1. The van der Waals surface area contributed by atoms with Crippen LogP contribution in [-0.4, -0.2) is 55.6 Å². The van der Waals surface area contributed by atoms with E-state index in [-0.39, 0.29) is 29.9 Å². The summed E-state index contributed by atoms with van der Waals surface area (Å²) in [5.74, 6) is 1.34. The van der Waals surface area contributed by atoms with Gasteiger partial charge in [0.25, 0.3) is 5.91 Å². The number of guanidine groups is 1. The molecular formula is C19H27ClIN5O2. The van der Waals surface area contributed by atoms with Gasteiger partial charge in [0.2, 0.25) is 0 Å². The average molecular weight is 520 g/mol. The van der Waals surface area contributed by atoms with Gasteiger partial charge in [-0.25, -0.2) is 0 Å². The first kappa shape index (κ1) is 24.1. The summed E-state index contributed by atoms with van der Waals surface area (Å²) in [6, 6.07) is 8.93. The largest absolute Gasteiger partial charge is 0.497 e. The van der Waals surface area contributed by atoms with Crippen molar-refractivity contribution in [3.05, 3.63) is 52.8 Å². The van der Waals surface area contributed by atoms with E-state index in [0.717, 1.165) is 17.4 Å². The Morgan fingerprint density at radius 1 is 1.25 bits per heavy atom. The maximum absolute atomic E-state index is 12.1. The molecule has 0 atom stereocenters. The number of amides is 1. The van der Waals surface area contributed by atoms with Crippen LogP contribution in [0.5, 0.6) is 5.75 Å². The second kappa shape index (κ2) is 11.8.